The van der Waals surface area contributed by atoms with Crippen LogP contribution in [0.4, 0.5) is 4.39 Å². The summed E-state index contributed by atoms with van der Waals surface area (Å²) in [4.78, 5) is 0. The zero-order chi connectivity index (χ0) is 8.43. The number of rotatable bonds is 1. The zero-order valence-corrected chi connectivity index (χ0v) is 7.10. The standard InChI is InChI=1S/C9H15FO/c1-3-7-6(2)4-5-8(10)9(7)11/h8-9,11H,3-5H2,1-2H3. The first kappa shape index (κ1) is 8.72. The molecule has 0 aromatic carbocycles. The number of halogens is 1. The number of hydrogen-bond donors (Lipinski definition) is 1. The number of allylic oxidation sites excluding steroid dienone is 1. The van der Waals surface area contributed by atoms with Gasteiger partial charge in [0.15, 0.2) is 0 Å². The van der Waals surface area contributed by atoms with E-state index in [4.69, 9.17) is 0 Å². The minimum absolute atomic E-state index is 0.483. The van der Waals surface area contributed by atoms with Crippen LogP contribution in [0.5, 0.6) is 0 Å². The summed E-state index contributed by atoms with van der Waals surface area (Å²) in [6, 6.07) is 0. The summed E-state index contributed by atoms with van der Waals surface area (Å²) in [7, 11) is 0. The molecule has 2 unspecified atom stereocenters. The maximum absolute atomic E-state index is 12.9. The molecule has 2 heteroatoms. The largest absolute Gasteiger partial charge is 0.386 e. The van der Waals surface area contributed by atoms with Crippen molar-refractivity contribution in [3.05, 3.63) is 11.1 Å². The lowest BCUT2D eigenvalue weighted by Crippen LogP contribution is -2.28. The minimum atomic E-state index is -1.03. The maximum Gasteiger partial charge on any atom is 0.130 e. The molecule has 1 N–H and O–H groups in total. The van der Waals surface area contributed by atoms with Crippen molar-refractivity contribution in [1.29, 1.82) is 0 Å². The molecule has 11 heavy (non-hydrogen) atoms. The van der Waals surface area contributed by atoms with Gasteiger partial charge in [0, 0.05) is 0 Å². The van der Waals surface area contributed by atoms with Crippen LogP contribution < -0.4 is 0 Å². The molecule has 0 radical (unpaired) electrons. The van der Waals surface area contributed by atoms with Crippen molar-refractivity contribution in [3.63, 3.8) is 0 Å². The predicted octanol–water partition coefficient (Wildman–Crippen LogP) is 2.21. The quantitative estimate of drug-likeness (QED) is 0.580. The lowest BCUT2D eigenvalue weighted by molar-refractivity contribution is 0.0899. The van der Waals surface area contributed by atoms with E-state index in [-0.39, 0.29) is 0 Å². The van der Waals surface area contributed by atoms with Crippen molar-refractivity contribution in [3.8, 4) is 0 Å². The van der Waals surface area contributed by atoms with Gasteiger partial charge in [0.1, 0.15) is 12.3 Å². The second-order valence-corrected chi connectivity index (χ2v) is 3.16. The van der Waals surface area contributed by atoms with Crippen LogP contribution in [0.15, 0.2) is 11.1 Å². The van der Waals surface area contributed by atoms with Crippen LogP contribution in [0.25, 0.3) is 0 Å². The molecule has 0 bridgehead atoms. The van der Waals surface area contributed by atoms with Crippen LogP contribution in [-0.2, 0) is 0 Å². The molecular weight excluding hydrogens is 143 g/mol. The Morgan fingerprint density at radius 2 is 2.27 bits per heavy atom. The number of aliphatic hydroxyl groups excluding tert-OH is 1. The molecule has 0 aliphatic heterocycles. The molecule has 1 aliphatic carbocycles. The summed E-state index contributed by atoms with van der Waals surface area (Å²) in [5, 5.41) is 9.38. The summed E-state index contributed by atoms with van der Waals surface area (Å²) in [6.07, 6.45) is 0.202. The Labute approximate surface area is 66.9 Å². The summed E-state index contributed by atoms with van der Waals surface area (Å²) in [5.41, 5.74) is 2.08. The van der Waals surface area contributed by atoms with E-state index >= 15 is 0 Å². The van der Waals surface area contributed by atoms with Gasteiger partial charge in [-0.05, 0) is 31.8 Å². The smallest absolute Gasteiger partial charge is 0.130 e. The third kappa shape index (κ3) is 1.62. The first-order chi connectivity index (χ1) is 5.16. The van der Waals surface area contributed by atoms with Gasteiger partial charge in [-0.2, -0.15) is 0 Å². The number of hydrogen-bond acceptors (Lipinski definition) is 1. The lowest BCUT2D eigenvalue weighted by atomic mass is 9.88. The highest BCUT2D eigenvalue weighted by atomic mass is 19.1. The minimum Gasteiger partial charge on any atom is -0.386 e. The van der Waals surface area contributed by atoms with Crippen molar-refractivity contribution in [2.24, 2.45) is 0 Å². The third-order valence-corrected chi connectivity index (χ3v) is 2.42. The van der Waals surface area contributed by atoms with E-state index in [1.165, 1.54) is 5.57 Å². The highest BCUT2D eigenvalue weighted by Gasteiger charge is 2.26. The van der Waals surface area contributed by atoms with Crippen molar-refractivity contribution < 1.29 is 9.50 Å². The van der Waals surface area contributed by atoms with E-state index in [9.17, 15) is 9.50 Å². The molecule has 0 heterocycles. The third-order valence-electron chi connectivity index (χ3n) is 2.42. The van der Waals surface area contributed by atoms with E-state index in [1.807, 2.05) is 13.8 Å². The van der Waals surface area contributed by atoms with Gasteiger partial charge in [-0.3, -0.25) is 0 Å². The lowest BCUT2D eigenvalue weighted by Gasteiger charge is -2.25. The van der Waals surface area contributed by atoms with Gasteiger partial charge < -0.3 is 5.11 Å². The fourth-order valence-corrected chi connectivity index (χ4v) is 1.65. The molecule has 1 aliphatic rings. The summed E-state index contributed by atoms with van der Waals surface area (Å²) in [5.74, 6) is 0. The van der Waals surface area contributed by atoms with Crippen LogP contribution in [0.2, 0.25) is 0 Å². The summed E-state index contributed by atoms with van der Waals surface area (Å²) < 4.78 is 12.9. The molecule has 64 valence electrons. The summed E-state index contributed by atoms with van der Waals surface area (Å²) >= 11 is 0. The molecule has 0 saturated carbocycles. The first-order valence-electron chi connectivity index (χ1n) is 4.17. The van der Waals surface area contributed by atoms with Crippen molar-refractivity contribution in [2.45, 2.75) is 45.4 Å². The molecule has 2 atom stereocenters. The Balaban J connectivity index is 2.80. The Hall–Kier alpha value is -0.370. The van der Waals surface area contributed by atoms with Gasteiger partial charge in [0.05, 0.1) is 0 Å². The average molecular weight is 158 g/mol. The molecule has 0 saturated heterocycles. The molecule has 0 fully saturated rings. The van der Waals surface area contributed by atoms with Gasteiger partial charge in [0.25, 0.3) is 0 Å². The molecule has 1 nitrogen and oxygen atoms in total. The second-order valence-electron chi connectivity index (χ2n) is 3.16. The molecular formula is C9H15FO. The Kier molecular flexibility index (Phi) is 2.66. The molecule has 1 rings (SSSR count). The topological polar surface area (TPSA) is 20.2 Å². The van der Waals surface area contributed by atoms with Crippen LogP contribution in [0.3, 0.4) is 0 Å². The highest BCUT2D eigenvalue weighted by molar-refractivity contribution is 5.21. The fraction of sp³-hybridized carbons (Fsp3) is 0.778. The zero-order valence-electron chi connectivity index (χ0n) is 7.10. The SMILES string of the molecule is CCC1=C(C)CCC(F)C1O. The Bertz CT molecular complexity index is 174. The van der Waals surface area contributed by atoms with E-state index in [0.717, 1.165) is 18.4 Å². The molecule has 0 amide bonds. The van der Waals surface area contributed by atoms with Gasteiger partial charge in [-0.1, -0.05) is 12.5 Å². The van der Waals surface area contributed by atoms with Crippen LogP contribution in [-0.4, -0.2) is 17.4 Å². The molecule has 0 aromatic rings. The van der Waals surface area contributed by atoms with Gasteiger partial charge in [-0.15, -0.1) is 0 Å². The van der Waals surface area contributed by atoms with Gasteiger partial charge >= 0.3 is 0 Å². The van der Waals surface area contributed by atoms with Crippen LogP contribution in [0, 0.1) is 0 Å². The monoisotopic (exact) mass is 158 g/mol. The van der Waals surface area contributed by atoms with E-state index in [2.05, 4.69) is 0 Å². The van der Waals surface area contributed by atoms with Crippen LogP contribution in [0.1, 0.15) is 33.1 Å². The van der Waals surface area contributed by atoms with E-state index in [1.54, 1.807) is 0 Å². The second kappa shape index (κ2) is 3.35. The van der Waals surface area contributed by atoms with Crippen molar-refractivity contribution in [1.82, 2.24) is 0 Å². The normalized spacial score (nSPS) is 32.7. The fourth-order valence-electron chi connectivity index (χ4n) is 1.65. The van der Waals surface area contributed by atoms with E-state index in [0.29, 0.717) is 6.42 Å². The van der Waals surface area contributed by atoms with Gasteiger partial charge in [-0.25, -0.2) is 4.39 Å². The highest BCUT2D eigenvalue weighted by Crippen LogP contribution is 2.28. The number of alkyl halides is 1. The van der Waals surface area contributed by atoms with Crippen molar-refractivity contribution >= 4 is 0 Å². The van der Waals surface area contributed by atoms with Crippen molar-refractivity contribution in [2.75, 3.05) is 0 Å². The van der Waals surface area contributed by atoms with Gasteiger partial charge in [0.2, 0.25) is 0 Å². The van der Waals surface area contributed by atoms with E-state index < -0.39 is 12.3 Å². The summed E-state index contributed by atoms with van der Waals surface area (Å²) in [6.45, 7) is 3.94. The Morgan fingerprint density at radius 3 is 2.73 bits per heavy atom. The number of aliphatic hydroxyl groups is 1. The van der Waals surface area contributed by atoms with Crippen LogP contribution >= 0.6 is 0 Å². The molecule has 0 spiro atoms. The Morgan fingerprint density at radius 1 is 1.64 bits per heavy atom. The maximum atomic E-state index is 12.9. The molecule has 0 aromatic heterocycles. The first-order valence-corrected chi connectivity index (χ1v) is 4.17. The average Bonchev–Trinajstić information content (AvgIpc) is 1.99. The predicted molar refractivity (Wildman–Crippen MR) is 43.1 cm³/mol.